The number of rotatable bonds is 8. The number of carbonyl (C=O) groups excluding carboxylic acids is 1. The van der Waals surface area contributed by atoms with Crippen LogP contribution in [0, 0.1) is 11.7 Å². The highest BCUT2D eigenvalue weighted by Gasteiger charge is 2.14. The molecule has 0 aliphatic carbocycles. The predicted octanol–water partition coefficient (Wildman–Crippen LogP) is 2.12. The highest BCUT2D eigenvalue weighted by atomic mass is 19.1. The molecule has 0 spiro atoms. The van der Waals surface area contributed by atoms with E-state index >= 15 is 0 Å². The molecule has 2 unspecified atom stereocenters. The van der Waals surface area contributed by atoms with E-state index in [0.29, 0.717) is 12.3 Å². The second kappa shape index (κ2) is 8.53. The summed E-state index contributed by atoms with van der Waals surface area (Å²) >= 11 is 0. The van der Waals surface area contributed by atoms with E-state index in [-0.39, 0.29) is 18.4 Å². The number of amides is 1. The third kappa shape index (κ3) is 6.02. The number of nitrogens with one attached hydrogen (secondary N) is 1. The molecule has 0 radical (unpaired) electrons. The molecule has 0 heterocycles. The van der Waals surface area contributed by atoms with Gasteiger partial charge >= 0.3 is 0 Å². The van der Waals surface area contributed by atoms with Crippen LogP contribution >= 0.6 is 0 Å². The molecule has 112 valence electrons. The normalized spacial score (nSPS) is 13.6. The minimum Gasteiger partial charge on any atom is -0.481 e. The highest BCUT2D eigenvalue weighted by molar-refractivity contribution is 5.80. The van der Waals surface area contributed by atoms with Gasteiger partial charge in [-0.25, -0.2) is 4.39 Å². The van der Waals surface area contributed by atoms with Crippen LogP contribution in [0.15, 0.2) is 24.3 Å². The third-order valence-electron chi connectivity index (χ3n) is 2.96. The number of halogens is 1. The molecule has 1 aromatic rings. The van der Waals surface area contributed by atoms with Gasteiger partial charge in [0, 0.05) is 19.2 Å². The summed E-state index contributed by atoms with van der Waals surface area (Å²) in [5.41, 5.74) is 0. The van der Waals surface area contributed by atoms with Gasteiger partial charge in [-0.1, -0.05) is 13.0 Å². The molecule has 20 heavy (non-hydrogen) atoms. The predicted molar refractivity (Wildman–Crippen MR) is 75.0 cm³/mol. The minimum atomic E-state index is -0.674. The summed E-state index contributed by atoms with van der Waals surface area (Å²) in [4.78, 5) is 11.8. The van der Waals surface area contributed by atoms with Crippen molar-refractivity contribution in [3.05, 3.63) is 30.1 Å². The number of hydrogen-bond donors (Lipinski definition) is 2. The zero-order valence-electron chi connectivity index (χ0n) is 11.9. The van der Waals surface area contributed by atoms with Gasteiger partial charge in [0.15, 0.2) is 6.10 Å². The number of ether oxygens (including phenoxy) is 1. The lowest BCUT2D eigenvalue weighted by Crippen LogP contribution is -2.36. The maximum Gasteiger partial charge on any atom is 0.260 e. The second-order valence-corrected chi connectivity index (χ2v) is 4.94. The fourth-order valence-electron chi connectivity index (χ4n) is 1.70. The van der Waals surface area contributed by atoms with Crippen molar-refractivity contribution in [2.75, 3.05) is 13.2 Å². The Morgan fingerprint density at radius 3 is 2.85 bits per heavy atom. The Bertz CT molecular complexity index is 425. The first-order valence-electron chi connectivity index (χ1n) is 6.83. The Hall–Kier alpha value is -1.62. The molecule has 2 atom stereocenters. The van der Waals surface area contributed by atoms with Gasteiger partial charge in [-0.15, -0.1) is 0 Å². The highest BCUT2D eigenvalue weighted by Crippen LogP contribution is 2.13. The maximum atomic E-state index is 13.0. The second-order valence-electron chi connectivity index (χ2n) is 4.94. The molecule has 0 aliphatic heterocycles. The first-order chi connectivity index (χ1) is 9.52. The molecular formula is C15H22FNO3. The van der Waals surface area contributed by atoms with E-state index in [1.54, 1.807) is 13.0 Å². The molecule has 2 N–H and O–H groups in total. The van der Waals surface area contributed by atoms with E-state index < -0.39 is 11.9 Å². The summed E-state index contributed by atoms with van der Waals surface area (Å²) in [5, 5.41) is 11.6. The van der Waals surface area contributed by atoms with Crippen LogP contribution in [0.2, 0.25) is 0 Å². The standard InChI is InChI=1S/C15H22FNO3/c1-11(10-18)5-4-8-17-15(19)12(2)20-14-7-3-6-13(16)9-14/h3,6-7,9,11-12,18H,4-5,8,10H2,1-2H3,(H,17,19). The molecular weight excluding hydrogens is 261 g/mol. The van der Waals surface area contributed by atoms with E-state index in [2.05, 4.69) is 5.32 Å². The Labute approximate surface area is 119 Å². The summed E-state index contributed by atoms with van der Waals surface area (Å²) < 4.78 is 18.3. The summed E-state index contributed by atoms with van der Waals surface area (Å²) in [6, 6.07) is 5.70. The first-order valence-corrected chi connectivity index (χ1v) is 6.83. The molecule has 0 saturated carbocycles. The Kier molecular flexibility index (Phi) is 7.01. The van der Waals surface area contributed by atoms with Crippen molar-refractivity contribution in [1.29, 1.82) is 0 Å². The van der Waals surface area contributed by atoms with E-state index in [1.165, 1.54) is 18.2 Å². The van der Waals surface area contributed by atoms with E-state index in [0.717, 1.165) is 12.8 Å². The molecule has 1 aromatic carbocycles. The molecule has 0 aromatic heterocycles. The molecule has 1 rings (SSSR count). The fraction of sp³-hybridized carbons (Fsp3) is 0.533. The molecule has 5 heteroatoms. The van der Waals surface area contributed by atoms with Crippen LogP contribution in [0.1, 0.15) is 26.7 Å². The zero-order chi connectivity index (χ0) is 15.0. The van der Waals surface area contributed by atoms with Gasteiger partial charge in [0.2, 0.25) is 0 Å². The first kappa shape index (κ1) is 16.4. The number of aliphatic hydroxyl groups is 1. The lowest BCUT2D eigenvalue weighted by molar-refractivity contribution is -0.127. The van der Waals surface area contributed by atoms with Gasteiger partial charge in [0.05, 0.1) is 0 Å². The van der Waals surface area contributed by atoms with Crippen molar-refractivity contribution in [3.8, 4) is 5.75 Å². The summed E-state index contributed by atoms with van der Waals surface area (Å²) in [5.74, 6) is -0.0477. The third-order valence-corrected chi connectivity index (χ3v) is 2.96. The Morgan fingerprint density at radius 1 is 1.45 bits per heavy atom. The van der Waals surface area contributed by atoms with E-state index in [9.17, 15) is 9.18 Å². The van der Waals surface area contributed by atoms with E-state index in [4.69, 9.17) is 9.84 Å². The summed E-state index contributed by atoms with van der Waals surface area (Å²) in [7, 11) is 0. The number of aliphatic hydroxyl groups excluding tert-OH is 1. The molecule has 4 nitrogen and oxygen atoms in total. The van der Waals surface area contributed by atoms with Gasteiger partial charge in [-0.3, -0.25) is 4.79 Å². The van der Waals surface area contributed by atoms with Crippen LogP contribution in [-0.2, 0) is 4.79 Å². The van der Waals surface area contributed by atoms with Crippen LogP contribution in [-0.4, -0.2) is 30.3 Å². The maximum absolute atomic E-state index is 13.0. The van der Waals surface area contributed by atoms with E-state index in [1.807, 2.05) is 6.92 Å². The minimum absolute atomic E-state index is 0.160. The van der Waals surface area contributed by atoms with Gasteiger partial charge in [0.1, 0.15) is 11.6 Å². The van der Waals surface area contributed by atoms with Gasteiger partial charge < -0.3 is 15.2 Å². The molecule has 0 saturated heterocycles. The van der Waals surface area contributed by atoms with Crippen LogP contribution < -0.4 is 10.1 Å². The molecule has 0 fully saturated rings. The van der Waals surface area contributed by atoms with Crippen molar-refractivity contribution >= 4 is 5.91 Å². The van der Waals surface area contributed by atoms with Crippen molar-refractivity contribution in [2.24, 2.45) is 5.92 Å². The number of benzene rings is 1. The van der Waals surface area contributed by atoms with Gasteiger partial charge in [0.25, 0.3) is 5.91 Å². The van der Waals surface area contributed by atoms with Gasteiger partial charge in [-0.2, -0.15) is 0 Å². The quantitative estimate of drug-likeness (QED) is 0.718. The Morgan fingerprint density at radius 2 is 2.20 bits per heavy atom. The fourth-order valence-corrected chi connectivity index (χ4v) is 1.70. The van der Waals surface area contributed by atoms with Crippen molar-refractivity contribution in [1.82, 2.24) is 5.32 Å². The van der Waals surface area contributed by atoms with Crippen LogP contribution in [0.3, 0.4) is 0 Å². The van der Waals surface area contributed by atoms with Crippen LogP contribution in [0.25, 0.3) is 0 Å². The number of hydrogen-bond acceptors (Lipinski definition) is 3. The monoisotopic (exact) mass is 283 g/mol. The topological polar surface area (TPSA) is 58.6 Å². The largest absolute Gasteiger partial charge is 0.481 e. The van der Waals surface area contributed by atoms with Crippen LogP contribution in [0.4, 0.5) is 4.39 Å². The zero-order valence-corrected chi connectivity index (χ0v) is 11.9. The van der Waals surface area contributed by atoms with Crippen molar-refractivity contribution in [3.63, 3.8) is 0 Å². The summed E-state index contributed by atoms with van der Waals surface area (Å²) in [6.45, 7) is 4.28. The van der Waals surface area contributed by atoms with Crippen molar-refractivity contribution in [2.45, 2.75) is 32.8 Å². The number of carbonyl (C=O) groups is 1. The molecule has 0 aliphatic rings. The lowest BCUT2D eigenvalue weighted by atomic mass is 10.1. The smallest absolute Gasteiger partial charge is 0.260 e. The SMILES string of the molecule is CC(CO)CCCNC(=O)C(C)Oc1cccc(F)c1. The van der Waals surface area contributed by atoms with Crippen molar-refractivity contribution < 1.29 is 19.0 Å². The average Bonchev–Trinajstić information content (AvgIpc) is 2.42. The average molecular weight is 283 g/mol. The lowest BCUT2D eigenvalue weighted by Gasteiger charge is -2.15. The molecule has 1 amide bonds. The molecule has 0 bridgehead atoms. The Balaban J connectivity index is 2.29. The van der Waals surface area contributed by atoms with Gasteiger partial charge in [-0.05, 0) is 37.8 Å². The summed E-state index contributed by atoms with van der Waals surface area (Å²) in [6.07, 6.45) is 0.989. The van der Waals surface area contributed by atoms with Crippen LogP contribution in [0.5, 0.6) is 5.75 Å².